The van der Waals surface area contributed by atoms with Gasteiger partial charge < -0.3 is 19.1 Å². The van der Waals surface area contributed by atoms with Crippen molar-refractivity contribution in [2.24, 2.45) is 17.3 Å². The van der Waals surface area contributed by atoms with Gasteiger partial charge in [-0.15, -0.1) is 0 Å². The van der Waals surface area contributed by atoms with Crippen molar-refractivity contribution in [3.63, 3.8) is 0 Å². The minimum Gasteiger partial charge on any atom is -0.489 e. The minimum atomic E-state index is -0.357. The first kappa shape index (κ1) is 21.0. The smallest absolute Gasteiger partial charge is 0.320 e. The third-order valence-electron chi connectivity index (χ3n) is 8.86. The van der Waals surface area contributed by atoms with Gasteiger partial charge in [-0.3, -0.25) is 0 Å². The molecule has 1 aromatic heterocycles. The number of fused-ring (bicyclic) bond motifs is 1. The van der Waals surface area contributed by atoms with Crippen LogP contribution < -0.4 is 4.74 Å². The summed E-state index contributed by atoms with van der Waals surface area (Å²) in [5.41, 5.74) is 1.59. The lowest BCUT2D eigenvalue weighted by Gasteiger charge is -2.59. The molecule has 2 unspecified atom stereocenters. The molecule has 1 spiro atoms. The van der Waals surface area contributed by atoms with Crippen LogP contribution in [0.4, 0.5) is 9.18 Å². The molecule has 0 N–H and O–H groups in total. The predicted molar refractivity (Wildman–Crippen MR) is 125 cm³/mol. The van der Waals surface area contributed by atoms with Crippen LogP contribution in [0.3, 0.4) is 0 Å². The number of rotatable bonds is 4. The maximum atomic E-state index is 13.3. The van der Waals surface area contributed by atoms with Crippen molar-refractivity contribution < 1.29 is 13.9 Å². The Morgan fingerprint density at radius 2 is 1.85 bits per heavy atom. The molecule has 3 saturated carbocycles. The lowest BCUT2D eigenvalue weighted by atomic mass is 9.60. The molecule has 3 aliphatic carbocycles. The van der Waals surface area contributed by atoms with Gasteiger partial charge in [0.25, 0.3) is 0 Å². The number of carbonyl (C=O) groups excluding carboxylic acids is 1. The third-order valence-corrected chi connectivity index (χ3v) is 9.16. The fourth-order valence-corrected chi connectivity index (χ4v) is 7.11. The molecule has 34 heavy (non-hydrogen) atoms. The van der Waals surface area contributed by atoms with E-state index in [1.54, 1.807) is 6.07 Å². The fourth-order valence-electron chi connectivity index (χ4n) is 6.90. The lowest BCUT2D eigenvalue weighted by Crippen LogP contribution is -2.65. The van der Waals surface area contributed by atoms with E-state index < -0.39 is 0 Å². The second-order valence-corrected chi connectivity index (χ2v) is 11.8. The van der Waals surface area contributed by atoms with Gasteiger partial charge in [-0.05, 0) is 68.6 Å². The molecule has 0 bridgehead atoms. The van der Waals surface area contributed by atoms with Crippen LogP contribution >= 0.6 is 11.6 Å². The van der Waals surface area contributed by atoms with E-state index in [1.807, 2.05) is 11.2 Å². The van der Waals surface area contributed by atoms with Crippen LogP contribution in [-0.2, 0) is 0 Å². The summed E-state index contributed by atoms with van der Waals surface area (Å²) in [6.07, 6.45) is 11.1. The Morgan fingerprint density at radius 1 is 1.12 bits per heavy atom. The number of carbonyl (C=O) groups is 1. The number of urea groups is 1. The number of ether oxygens (including phenoxy) is 1. The highest BCUT2D eigenvalue weighted by atomic mass is 35.5. The summed E-state index contributed by atoms with van der Waals surface area (Å²) < 4.78 is 21.7. The summed E-state index contributed by atoms with van der Waals surface area (Å²) in [6.45, 7) is 3.41. The second-order valence-electron chi connectivity index (χ2n) is 11.4. The molecular formula is C26H30ClFN4O2. The van der Waals surface area contributed by atoms with Gasteiger partial charge in [-0.1, -0.05) is 11.6 Å². The number of hydrogen-bond acceptors (Lipinski definition) is 3. The average Bonchev–Trinajstić information content (AvgIpc) is 3.17. The molecule has 2 aliphatic heterocycles. The highest BCUT2D eigenvalue weighted by Gasteiger charge is 2.55. The van der Waals surface area contributed by atoms with Crippen molar-refractivity contribution in [3.05, 3.63) is 47.3 Å². The number of aromatic nitrogens is 2. The van der Waals surface area contributed by atoms with Crippen LogP contribution in [0.15, 0.2) is 30.7 Å². The number of nitrogens with zero attached hydrogens (tertiary/aromatic N) is 4. The summed E-state index contributed by atoms with van der Waals surface area (Å²) in [5, 5.41) is 0.315. The molecule has 0 radical (unpaired) electrons. The first-order valence-corrected chi connectivity index (χ1v) is 13.0. The van der Waals surface area contributed by atoms with Gasteiger partial charge in [0, 0.05) is 49.8 Å². The van der Waals surface area contributed by atoms with Gasteiger partial charge in [-0.25, -0.2) is 14.2 Å². The van der Waals surface area contributed by atoms with Crippen LogP contribution in [-0.4, -0.2) is 57.7 Å². The van der Waals surface area contributed by atoms with E-state index in [0.717, 1.165) is 51.9 Å². The molecule has 180 valence electrons. The quantitative estimate of drug-likeness (QED) is 0.606. The van der Waals surface area contributed by atoms with Crippen molar-refractivity contribution in [3.8, 4) is 5.75 Å². The van der Waals surface area contributed by atoms with Crippen LogP contribution in [0.25, 0.3) is 0 Å². The van der Waals surface area contributed by atoms with E-state index in [4.69, 9.17) is 16.3 Å². The largest absolute Gasteiger partial charge is 0.489 e. The molecule has 3 heterocycles. The van der Waals surface area contributed by atoms with Gasteiger partial charge in [0.15, 0.2) is 0 Å². The monoisotopic (exact) mass is 484 g/mol. The van der Waals surface area contributed by atoms with E-state index in [1.165, 1.54) is 30.7 Å². The highest BCUT2D eigenvalue weighted by Crippen LogP contribution is 2.55. The summed E-state index contributed by atoms with van der Waals surface area (Å²) in [6, 6.07) is 5.03. The van der Waals surface area contributed by atoms with Gasteiger partial charge >= 0.3 is 6.03 Å². The number of hydrogen-bond donors (Lipinski definition) is 0. The zero-order chi connectivity index (χ0) is 23.0. The maximum Gasteiger partial charge on any atom is 0.320 e. The van der Waals surface area contributed by atoms with E-state index in [9.17, 15) is 9.18 Å². The highest BCUT2D eigenvalue weighted by molar-refractivity contribution is 6.32. The minimum absolute atomic E-state index is 0.0815. The summed E-state index contributed by atoms with van der Waals surface area (Å²) >= 11 is 6.12. The van der Waals surface area contributed by atoms with Crippen molar-refractivity contribution in [1.29, 1.82) is 0 Å². The summed E-state index contributed by atoms with van der Waals surface area (Å²) in [7, 11) is 0. The van der Waals surface area contributed by atoms with Crippen LogP contribution in [0.2, 0.25) is 5.02 Å². The first-order chi connectivity index (χ1) is 16.4. The standard InChI is InChI=1S/C26H30ClFN4O2/c27-22-7-19(28)3-4-24(22)34-21-5-17-10-30(11-18(17)6-21)25(33)32-13-26(14-32)8-20(9-26)31-12-23(29-15-31)16-1-2-16/h3-4,7,12,15-18,20-21H,1-2,5-6,8-11,13-14H2. The molecule has 2 amide bonds. The topological polar surface area (TPSA) is 50.6 Å². The molecule has 2 saturated heterocycles. The van der Waals surface area contributed by atoms with Crippen LogP contribution in [0, 0.1) is 23.1 Å². The Hall–Kier alpha value is -2.28. The molecule has 8 heteroatoms. The molecule has 6 nitrogen and oxygen atoms in total. The van der Waals surface area contributed by atoms with Gasteiger partial charge in [0.05, 0.1) is 23.1 Å². The molecule has 7 rings (SSSR count). The van der Waals surface area contributed by atoms with Crippen molar-refractivity contribution in [2.75, 3.05) is 26.2 Å². The van der Waals surface area contributed by atoms with Crippen molar-refractivity contribution in [2.45, 2.75) is 56.6 Å². The Kier molecular flexibility index (Phi) is 4.71. The zero-order valence-electron chi connectivity index (χ0n) is 19.2. The predicted octanol–water partition coefficient (Wildman–Crippen LogP) is 5.10. The number of likely N-dealkylation sites (tertiary alicyclic amines) is 2. The maximum absolute atomic E-state index is 13.3. The van der Waals surface area contributed by atoms with Crippen LogP contribution in [0.5, 0.6) is 5.75 Å². The third kappa shape index (κ3) is 3.58. The molecule has 2 aromatic rings. The number of amides is 2. The SMILES string of the molecule is O=C(N1CC2CC(Oc3ccc(F)cc3Cl)CC2C1)N1CC2(CC(n3cnc(C4CC4)c3)C2)C1. The average molecular weight is 485 g/mol. The van der Waals surface area contributed by atoms with E-state index in [-0.39, 0.29) is 18.0 Å². The van der Waals surface area contributed by atoms with Gasteiger partial charge in [0.2, 0.25) is 0 Å². The molecule has 5 aliphatic rings. The molecule has 5 fully saturated rings. The van der Waals surface area contributed by atoms with Crippen molar-refractivity contribution in [1.82, 2.24) is 19.4 Å². The number of imidazole rings is 1. The number of halogens is 2. The van der Waals surface area contributed by atoms with Gasteiger partial charge in [-0.2, -0.15) is 0 Å². The Morgan fingerprint density at radius 3 is 2.53 bits per heavy atom. The fraction of sp³-hybridized carbons (Fsp3) is 0.615. The lowest BCUT2D eigenvalue weighted by molar-refractivity contribution is -0.0706. The Bertz CT molecular complexity index is 1110. The molecular weight excluding hydrogens is 455 g/mol. The molecule has 2 atom stereocenters. The van der Waals surface area contributed by atoms with Crippen molar-refractivity contribution >= 4 is 17.6 Å². The van der Waals surface area contributed by atoms with E-state index in [0.29, 0.717) is 40.0 Å². The normalized spacial score (nSPS) is 29.8. The number of benzene rings is 1. The first-order valence-electron chi connectivity index (χ1n) is 12.6. The second kappa shape index (κ2) is 7.61. The Labute approximate surface area is 204 Å². The summed E-state index contributed by atoms with van der Waals surface area (Å²) in [5.74, 6) is 1.83. The molecule has 1 aromatic carbocycles. The van der Waals surface area contributed by atoms with Gasteiger partial charge in [0.1, 0.15) is 11.6 Å². The Balaban J connectivity index is 0.884. The van der Waals surface area contributed by atoms with E-state index >= 15 is 0 Å². The summed E-state index contributed by atoms with van der Waals surface area (Å²) in [4.78, 5) is 21.8. The van der Waals surface area contributed by atoms with Crippen LogP contribution in [0.1, 0.15) is 56.2 Å². The van der Waals surface area contributed by atoms with E-state index in [2.05, 4.69) is 20.6 Å². The zero-order valence-corrected chi connectivity index (χ0v) is 20.0.